The number of nitrogens with zero attached hydrogens (tertiary/aromatic N) is 3. The molecule has 3 rings (SSSR count). The molecule has 0 radical (unpaired) electrons. The zero-order chi connectivity index (χ0) is 10.5. The maximum Gasteiger partial charge on any atom is 0.113 e. The number of nitrogens with two attached hydrogens (primary N) is 1. The monoisotopic (exact) mass is 202 g/mol. The highest BCUT2D eigenvalue weighted by Gasteiger charge is 2.41. The molecule has 15 heavy (non-hydrogen) atoms. The van der Waals surface area contributed by atoms with E-state index in [1.165, 1.54) is 12.8 Å². The Bertz CT molecular complexity index is 510. The van der Waals surface area contributed by atoms with Crippen molar-refractivity contribution in [2.24, 2.45) is 5.73 Å². The van der Waals surface area contributed by atoms with Gasteiger partial charge < -0.3 is 5.73 Å². The molecule has 0 bridgehead atoms. The SMILES string of the molecule is CC1(n2nnc3cc(CN)ccc32)CC1. The highest BCUT2D eigenvalue weighted by molar-refractivity contribution is 5.75. The lowest BCUT2D eigenvalue weighted by molar-refractivity contribution is 0.473. The Hall–Kier alpha value is -1.42. The largest absolute Gasteiger partial charge is 0.326 e. The van der Waals surface area contributed by atoms with Gasteiger partial charge in [-0.3, -0.25) is 0 Å². The number of fused-ring (bicyclic) bond motifs is 1. The third kappa shape index (κ3) is 1.25. The molecule has 0 unspecified atom stereocenters. The van der Waals surface area contributed by atoms with Crippen LogP contribution in [0.5, 0.6) is 0 Å². The molecule has 0 aliphatic heterocycles. The number of aromatic nitrogens is 3. The first-order valence-electron chi connectivity index (χ1n) is 5.28. The number of hydrogen-bond donors (Lipinski definition) is 1. The third-order valence-corrected chi connectivity index (χ3v) is 3.23. The molecule has 1 aromatic heterocycles. The van der Waals surface area contributed by atoms with Crippen molar-refractivity contribution in [2.75, 3.05) is 0 Å². The van der Waals surface area contributed by atoms with Gasteiger partial charge in [0.25, 0.3) is 0 Å². The molecular weight excluding hydrogens is 188 g/mol. The third-order valence-electron chi connectivity index (χ3n) is 3.23. The first kappa shape index (κ1) is 8.85. The highest BCUT2D eigenvalue weighted by Crippen LogP contribution is 2.43. The Morgan fingerprint density at radius 3 is 2.93 bits per heavy atom. The lowest BCUT2D eigenvalue weighted by Gasteiger charge is -2.08. The summed E-state index contributed by atoms with van der Waals surface area (Å²) >= 11 is 0. The Morgan fingerprint density at radius 2 is 2.27 bits per heavy atom. The molecule has 0 amide bonds. The summed E-state index contributed by atoms with van der Waals surface area (Å²) in [6.45, 7) is 2.78. The quantitative estimate of drug-likeness (QED) is 0.800. The Balaban J connectivity index is 2.18. The minimum absolute atomic E-state index is 0.207. The van der Waals surface area contributed by atoms with Crippen molar-refractivity contribution in [1.29, 1.82) is 0 Å². The summed E-state index contributed by atoms with van der Waals surface area (Å²) in [7, 11) is 0. The van der Waals surface area contributed by atoms with Gasteiger partial charge >= 0.3 is 0 Å². The Labute approximate surface area is 88.1 Å². The van der Waals surface area contributed by atoms with E-state index in [1.54, 1.807) is 0 Å². The average Bonchev–Trinajstić information content (AvgIpc) is 2.86. The van der Waals surface area contributed by atoms with Gasteiger partial charge in [0, 0.05) is 6.54 Å². The van der Waals surface area contributed by atoms with Crippen LogP contribution >= 0.6 is 0 Å². The van der Waals surface area contributed by atoms with Gasteiger partial charge in [0.1, 0.15) is 5.52 Å². The van der Waals surface area contributed by atoms with E-state index in [4.69, 9.17) is 5.73 Å². The van der Waals surface area contributed by atoms with E-state index in [2.05, 4.69) is 23.3 Å². The van der Waals surface area contributed by atoms with E-state index in [1.807, 2.05) is 16.8 Å². The van der Waals surface area contributed by atoms with Crippen LogP contribution in [0, 0.1) is 0 Å². The lowest BCUT2D eigenvalue weighted by Crippen LogP contribution is -2.13. The van der Waals surface area contributed by atoms with Crippen LogP contribution in [0.4, 0.5) is 0 Å². The number of benzene rings is 1. The lowest BCUT2D eigenvalue weighted by atomic mass is 10.2. The van der Waals surface area contributed by atoms with E-state index in [0.29, 0.717) is 6.54 Å². The van der Waals surface area contributed by atoms with Crippen molar-refractivity contribution in [3.05, 3.63) is 23.8 Å². The summed E-state index contributed by atoms with van der Waals surface area (Å²) in [5.74, 6) is 0. The molecule has 1 heterocycles. The van der Waals surface area contributed by atoms with E-state index in [-0.39, 0.29) is 5.54 Å². The van der Waals surface area contributed by atoms with Crippen LogP contribution in [0.3, 0.4) is 0 Å². The molecule has 4 heteroatoms. The predicted molar refractivity (Wildman–Crippen MR) is 58.3 cm³/mol. The van der Waals surface area contributed by atoms with Gasteiger partial charge in [0.15, 0.2) is 0 Å². The van der Waals surface area contributed by atoms with E-state index in [9.17, 15) is 0 Å². The van der Waals surface area contributed by atoms with Gasteiger partial charge in [-0.15, -0.1) is 5.10 Å². The van der Waals surface area contributed by atoms with Crippen molar-refractivity contribution in [2.45, 2.75) is 31.8 Å². The number of hydrogen-bond acceptors (Lipinski definition) is 3. The van der Waals surface area contributed by atoms with Gasteiger partial charge in [-0.2, -0.15) is 0 Å². The standard InChI is InChI=1S/C11H14N4/c1-11(4-5-11)15-10-3-2-8(7-12)6-9(10)13-14-15/h2-3,6H,4-5,7,12H2,1H3. The Kier molecular flexibility index (Phi) is 1.65. The summed E-state index contributed by atoms with van der Waals surface area (Å²) in [6.07, 6.45) is 2.40. The van der Waals surface area contributed by atoms with Crippen molar-refractivity contribution >= 4 is 11.0 Å². The summed E-state index contributed by atoms with van der Waals surface area (Å²) in [5, 5.41) is 8.42. The molecule has 78 valence electrons. The number of rotatable bonds is 2. The maximum atomic E-state index is 5.59. The zero-order valence-electron chi connectivity index (χ0n) is 8.77. The summed E-state index contributed by atoms with van der Waals surface area (Å²) in [5.41, 5.74) is 8.97. The molecule has 4 nitrogen and oxygen atoms in total. The van der Waals surface area contributed by atoms with Crippen molar-refractivity contribution in [1.82, 2.24) is 15.0 Å². The fourth-order valence-electron chi connectivity index (χ4n) is 1.89. The molecule has 0 saturated heterocycles. The molecule has 2 aromatic rings. The minimum Gasteiger partial charge on any atom is -0.326 e. The molecule has 1 aliphatic carbocycles. The second-order valence-electron chi connectivity index (χ2n) is 4.53. The fraction of sp³-hybridized carbons (Fsp3) is 0.455. The van der Waals surface area contributed by atoms with Crippen LogP contribution < -0.4 is 5.73 Å². The second-order valence-corrected chi connectivity index (χ2v) is 4.53. The van der Waals surface area contributed by atoms with Crippen molar-refractivity contribution < 1.29 is 0 Å². The van der Waals surface area contributed by atoms with Crippen LogP contribution in [-0.4, -0.2) is 15.0 Å². The summed E-state index contributed by atoms with van der Waals surface area (Å²) in [4.78, 5) is 0. The van der Waals surface area contributed by atoms with Crippen LogP contribution in [0.1, 0.15) is 25.3 Å². The summed E-state index contributed by atoms with van der Waals surface area (Å²) in [6, 6.07) is 6.14. The van der Waals surface area contributed by atoms with Gasteiger partial charge in [0.05, 0.1) is 11.1 Å². The van der Waals surface area contributed by atoms with Gasteiger partial charge in [0.2, 0.25) is 0 Å². The minimum atomic E-state index is 0.207. The first-order chi connectivity index (χ1) is 7.23. The molecule has 0 spiro atoms. The zero-order valence-corrected chi connectivity index (χ0v) is 8.77. The molecular formula is C11H14N4. The molecule has 1 aliphatic rings. The van der Waals surface area contributed by atoms with Crippen molar-refractivity contribution in [3.8, 4) is 0 Å². The molecule has 1 aromatic carbocycles. The fourth-order valence-corrected chi connectivity index (χ4v) is 1.89. The van der Waals surface area contributed by atoms with Crippen LogP contribution in [0.15, 0.2) is 18.2 Å². The summed E-state index contributed by atoms with van der Waals surface area (Å²) < 4.78 is 2.04. The molecule has 1 saturated carbocycles. The molecule has 1 fully saturated rings. The second kappa shape index (κ2) is 2.79. The predicted octanol–water partition coefficient (Wildman–Crippen LogP) is 1.40. The van der Waals surface area contributed by atoms with E-state index >= 15 is 0 Å². The van der Waals surface area contributed by atoms with Crippen LogP contribution in [-0.2, 0) is 12.1 Å². The van der Waals surface area contributed by atoms with Gasteiger partial charge in [-0.1, -0.05) is 11.3 Å². The topological polar surface area (TPSA) is 56.7 Å². The van der Waals surface area contributed by atoms with Gasteiger partial charge in [-0.05, 0) is 37.5 Å². The van der Waals surface area contributed by atoms with Gasteiger partial charge in [-0.25, -0.2) is 4.68 Å². The highest BCUT2D eigenvalue weighted by atomic mass is 15.5. The Morgan fingerprint density at radius 1 is 1.47 bits per heavy atom. The van der Waals surface area contributed by atoms with E-state index in [0.717, 1.165) is 16.6 Å². The smallest absolute Gasteiger partial charge is 0.113 e. The normalized spacial score (nSPS) is 18.3. The maximum absolute atomic E-state index is 5.59. The van der Waals surface area contributed by atoms with Crippen LogP contribution in [0.25, 0.3) is 11.0 Å². The average molecular weight is 202 g/mol. The molecule has 0 atom stereocenters. The molecule has 2 N–H and O–H groups in total. The van der Waals surface area contributed by atoms with E-state index < -0.39 is 0 Å². The van der Waals surface area contributed by atoms with Crippen molar-refractivity contribution in [3.63, 3.8) is 0 Å². The van der Waals surface area contributed by atoms with Crippen LogP contribution in [0.2, 0.25) is 0 Å². The first-order valence-corrected chi connectivity index (χ1v) is 5.28.